The van der Waals surface area contributed by atoms with Crippen LogP contribution in [0.15, 0.2) is 59.2 Å². The van der Waals surface area contributed by atoms with Crippen LogP contribution in [0.2, 0.25) is 5.02 Å². The molecule has 29 heavy (non-hydrogen) atoms. The minimum atomic E-state index is -4.84. The first-order valence-electron chi connectivity index (χ1n) is 8.22. The number of amides is 1. The van der Waals surface area contributed by atoms with Crippen molar-refractivity contribution in [3.63, 3.8) is 0 Å². The number of aromatic nitrogens is 2. The molecule has 5 nitrogen and oxygen atoms in total. The van der Waals surface area contributed by atoms with E-state index in [1.807, 2.05) is 0 Å². The quantitative estimate of drug-likeness (QED) is 0.495. The standard InChI is InChI=1S/C19H13BrClF3N4O/c20-15-7-2-1-4-11(15)9-25-17(29)14-10-26-18(28-16(14)19(22,23)24)27-13-6-3-5-12(21)8-13/h1-8,10H,9H2,(H,25,29)(H,26,27,28). The third-order valence-corrected chi connectivity index (χ3v) is 4.79. The highest BCUT2D eigenvalue weighted by molar-refractivity contribution is 9.10. The summed E-state index contributed by atoms with van der Waals surface area (Å²) < 4.78 is 41.2. The number of nitrogens with zero attached hydrogens (tertiary/aromatic N) is 2. The van der Waals surface area contributed by atoms with Crippen molar-refractivity contribution in [3.8, 4) is 0 Å². The summed E-state index contributed by atoms with van der Waals surface area (Å²) >= 11 is 9.18. The molecule has 2 N–H and O–H groups in total. The van der Waals surface area contributed by atoms with E-state index >= 15 is 0 Å². The van der Waals surface area contributed by atoms with Crippen LogP contribution >= 0.6 is 27.5 Å². The lowest BCUT2D eigenvalue weighted by Gasteiger charge is -2.14. The number of anilines is 2. The van der Waals surface area contributed by atoms with Gasteiger partial charge in [0.2, 0.25) is 5.95 Å². The van der Waals surface area contributed by atoms with Crippen molar-refractivity contribution in [3.05, 3.63) is 81.0 Å². The molecule has 0 atom stereocenters. The Morgan fingerprint density at radius 3 is 2.59 bits per heavy atom. The van der Waals surface area contributed by atoms with E-state index < -0.39 is 23.3 Å². The number of hydrogen-bond acceptors (Lipinski definition) is 4. The molecular weight excluding hydrogens is 473 g/mol. The molecule has 0 fully saturated rings. The highest BCUT2D eigenvalue weighted by Gasteiger charge is 2.38. The Bertz CT molecular complexity index is 1050. The van der Waals surface area contributed by atoms with Gasteiger partial charge >= 0.3 is 6.18 Å². The summed E-state index contributed by atoms with van der Waals surface area (Å²) in [4.78, 5) is 19.7. The number of alkyl halides is 3. The summed E-state index contributed by atoms with van der Waals surface area (Å²) in [5.74, 6) is -1.23. The maximum Gasteiger partial charge on any atom is 0.434 e. The van der Waals surface area contributed by atoms with Gasteiger partial charge in [0.05, 0.1) is 5.56 Å². The number of halogens is 5. The molecule has 0 saturated heterocycles. The Morgan fingerprint density at radius 1 is 1.14 bits per heavy atom. The zero-order valence-electron chi connectivity index (χ0n) is 14.6. The van der Waals surface area contributed by atoms with Crippen LogP contribution in [0.1, 0.15) is 21.6 Å². The Kier molecular flexibility index (Phi) is 6.39. The fraction of sp³-hybridized carbons (Fsp3) is 0.105. The molecule has 1 heterocycles. The third-order valence-electron chi connectivity index (χ3n) is 3.78. The van der Waals surface area contributed by atoms with Gasteiger partial charge in [-0.15, -0.1) is 0 Å². The number of rotatable bonds is 5. The molecule has 0 spiro atoms. The molecule has 1 amide bonds. The van der Waals surface area contributed by atoms with Gasteiger partial charge in [0.25, 0.3) is 5.91 Å². The fourth-order valence-corrected chi connectivity index (χ4v) is 3.05. The van der Waals surface area contributed by atoms with Crippen LogP contribution in [-0.2, 0) is 12.7 Å². The molecular formula is C19H13BrClF3N4O. The second kappa shape index (κ2) is 8.79. The Hall–Kier alpha value is -2.65. The summed E-state index contributed by atoms with van der Waals surface area (Å²) in [6.07, 6.45) is -3.99. The van der Waals surface area contributed by atoms with Crippen molar-refractivity contribution in [1.29, 1.82) is 0 Å². The van der Waals surface area contributed by atoms with Crippen LogP contribution in [0.4, 0.5) is 24.8 Å². The number of carbonyl (C=O) groups is 1. The molecule has 0 unspecified atom stereocenters. The van der Waals surface area contributed by atoms with E-state index in [2.05, 4.69) is 36.5 Å². The van der Waals surface area contributed by atoms with Gasteiger partial charge in [-0.05, 0) is 29.8 Å². The normalized spacial score (nSPS) is 11.2. The number of benzene rings is 2. The number of carbonyl (C=O) groups excluding carboxylic acids is 1. The van der Waals surface area contributed by atoms with Crippen molar-refractivity contribution in [2.45, 2.75) is 12.7 Å². The highest BCUT2D eigenvalue weighted by atomic mass is 79.9. The monoisotopic (exact) mass is 484 g/mol. The molecule has 3 aromatic rings. The second-order valence-electron chi connectivity index (χ2n) is 5.86. The van der Waals surface area contributed by atoms with Gasteiger partial charge < -0.3 is 10.6 Å². The molecule has 0 radical (unpaired) electrons. The van der Waals surface area contributed by atoms with Gasteiger partial charge in [0.15, 0.2) is 5.69 Å². The van der Waals surface area contributed by atoms with Gasteiger partial charge in [0.1, 0.15) is 0 Å². The Labute approximate surface area is 177 Å². The van der Waals surface area contributed by atoms with Crippen molar-refractivity contribution in [2.24, 2.45) is 0 Å². The van der Waals surface area contributed by atoms with E-state index in [-0.39, 0.29) is 12.5 Å². The summed E-state index contributed by atoms with van der Waals surface area (Å²) in [7, 11) is 0. The Morgan fingerprint density at radius 2 is 1.90 bits per heavy atom. The summed E-state index contributed by atoms with van der Waals surface area (Å²) in [5.41, 5.74) is -0.867. The van der Waals surface area contributed by atoms with Crippen molar-refractivity contribution >= 4 is 45.1 Å². The summed E-state index contributed by atoms with van der Waals surface area (Å²) in [5, 5.41) is 5.50. The average molecular weight is 486 g/mol. The van der Waals surface area contributed by atoms with Gasteiger partial charge in [-0.2, -0.15) is 13.2 Å². The van der Waals surface area contributed by atoms with Gasteiger partial charge in [-0.3, -0.25) is 4.79 Å². The van der Waals surface area contributed by atoms with Gasteiger partial charge in [0, 0.05) is 27.9 Å². The van der Waals surface area contributed by atoms with Crippen LogP contribution in [0, 0.1) is 0 Å². The molecule has 10 heteroatoms. The maximum atomic E-state index is 13.5. The second-order valence-corrected chi connectivity index (χ2v) is 7.15. The van der Waals surface area contributed by atoms with E-state index in [0.29, 0.717) is 10.7 Å². The predicted octanol–water partition coefficient (Wildman–Crippen LogP) is 5.58. The molecule has 0 saturated carbocycles. The lowest BCUT2D eigenvalue weighted by molar-refractivity contribution is -0.141. The lowest BCUT2D eigenvalue weighted by Crippen LogP contribution is -2.27. The van der Waals surface area contributed by atoms with Crippen molar-refractivity contribution < 1.29 is 18.0 Å². The molecule has 150 valence electrons. The van der Waals surface area contributed by atoms with E-state index in [9.17, 15) is 18.0 Å². The van der Waals surface area contributed by atoms with Crippen molar-refractivity contribution in [2.75, 3.05) is 5.32 Å². The minimum absolute atomic E-state index is 0.0417. The van der Waals surface area contributed by atoms with Crippen LogP contribution < -0.4 is 10.6 Å². The molecule has 1 aromatic heterocycles. The smallest absolute Gasteiger partial charge is 0.348 e. The summed E-state index contributed by atoms with van der Waals surface area (Å²) in [6.45, 7) is 0.0417. The zero-order valence-corrected chi connectivity index (χ0v) is 16.9. The topological polar surface area (TPSA) is 66.9 Å². The zero-order chi connectivity index (χ0) is 21.0. The van der Waals surface area contributed by atoms with E-state index in [1.165, 1.54) is 6.07 Å². The summed E-state index contributed by atoms with van der Waals surface area (Å²) in [6, 6.07) is 13.4. The average Bonchev–Trinajstić information content (AvgIpc) is 2.66. The first-order valence-corrected chi connectivity index (χ1v) is 9.39. The fourth-order valence-electron chi connectivity index (χ4n) is 2.43. The van der Waals surface area contributed by atoms with E-state index in [0.717, 1.165) is 16.2 Å². The van der Waals surface area contributed by atoms with Crippen LogP contribution in [0.25, 0.3) is 0 Å². The van der Waals surface area contributed by atoms with E-state index in [1.54, 1.807) is 42.5 Å². The molecule has 0 aliphatic rings. The van der Waals surface area contributed by atoms with Crippen LogP contribution in [0.3, 0.4) is 0 Å². The molecule has 0 aliphatic carbocycles. The van der Waals surface area contributed by atoms with Crippen LogP contribution in [0.5, 0.6) is 0 Å². The minimum Gasteiger partial charge on any atom is -0.348 e. The maximum absolute atomic E-state index is 13.5. The predicted molar refractivity (Wildman–Crippen MR) is 107 cm³/mol. The lowest BCUT2D eigenvalue weighted by atomic mass is 10.2. The highest BCUT2D eigenvalue weighted by Crippen LogP contribution is 2.31. The van der Waals surface area contributed by atoms with Gasteiger partial charge in [-0.1, -0.05) is 51.8 Å². The molecule has 2 aromatic carbocycles. The van der Waals surface area contributed by atoms with Crippen LogP contribution in [-0.4, -0.2) is 15.9 Å². The largest absolute Gasteiger partial charge is 0.434 e. The number of hydrogen-bond donors (Lipinski definition) is 2. The van der Waals surface area contributed by atoms with E-state index in [4.69, 9.17) is 11.6 Å². The molecule has 0 aliphatic heterocycles. The molecule has 0 bridgehead atoms. The third kappa shape index (κ3) is 5.45. The van der Waals surface area contributed by atoms with Gasteiger partial charge in [-0.25, -0.2) is 9.97 Å². The molecule has 3 rings (SSSR count). The van der Waals surface area contributed by atoms with Crippen molar-refractivity contribution in [1.82, 2.24) is 15.3 Å². The SMILES string of the molecule is O=C(NCc1ccccc1Br)c1cnc(Nc2cccc(Cl)c2)nc1C(F)(F)F. The Balaban J connectivity index is 1.84. The first kappa shape index (κ1) is 21.1. The first-order chi connectivity index (χ1) is 13.7. The number of nitrogens with one attached hydrogen (secondary N) is 2.